The van der Waals surface area contributed by atoms with Gasteiger partial charge in [0, 0.05) is 5.69 Å². The average Bonchev–Trinajstić information content (AvgIpc) is 3.02. The third kappa shape index (κ3) is 4.56. The van der Waals surface area contributed by atoms with Gasteiger partial charge in [0.15, 0.2) is 11.6 Å². The quantitative estimate of drug-likeness (QED) is 0.733. The lowest BCUT2D eigenvalue weighted by Gasteiger charge is -2.08. The number of halogens is 3. The van der Waals surface area contributed by atoms with Crippen molar-refractivity contribution < 1.29 is 17.9 Å². The number of anilines is 1. The second-order valence-corrected chi connectivity index (χ2v) is 4.95. The van der Waals surface area contributed by atoms with Gasteiger partial charge >= 0.3 is 6.36 Å². The van der Waals surface area contributed by atoms with Gasteiger partial charge in [0.2, 0.25) is 0 Å². The van der Waals surface area contributed by atoms with Crippen LogP contribution >= 0.6 is 0 Å². The zero-order valence-corrected chi connectivity index (χ0v) is 12.7. The molecule has 6 nitrogen and oxygen atoms in total. The number of alkyl halides is 3. The number of nitrogen functional groups attached to an aromatic ring is 1. The molecule has 3 aromatic rings. The summed E-state index contributed by atoms with van der Waals surface area (Å²) in [7, 11) is 0. The fourth-order valence-corrected chi connectivity index (χ4v) is 1.94. The van der Waals surface area contributed by atoms with E-state index in [0.29, 0.717) is 17.3 Å². The number of benzene rings is 1. The topological polar surface area (TPSA) is 78.8 Å². The number of hydrogen-bond donors (Lipinski definition) is 1. The molecule has 9 heteroatoms. The SMILES string of the molecule is Nc1ccc(/C=C/c2ncn(-c3ccc(OC(F)(F)F)cn3)n2)cc1. The first-order valence-corrected chi connectivity index (χ1v) is 7.06. The number of ether oxygens (including phenoxy) is 1. The molecule has 0 unspecified atom stereocenters. The summed E-state index contributed by atoms with van der Waals surface area (Å²) in [6, 6.07) is 9.76. The van der Waals surface area contributed by atoms with Crippen LogP contribution in [0.2, 0.25) is 0 Å². The molecule has 0 saturated heterocycles. The van der Waals surface area contributed by atoms with Crippen molar-refractivity contribution in [2.75, 3.05) is 5.73 Å². The Morgan fingerprint density at radius 2 is 1.76 bits per heavy atom. The van der Waals surface area contributed by atoms with Crippen molar-refractivity contribution >= 4 is 17.8 Å². The van der Waals surface area contributed by atoms with Crippen LogP contribution in [0.3, 0.4) is 0 Å². The molecule has 0 aliphatic heterocycles. The number of pyridine rings is 1. The fraction of sp³-hybridized carbons (Fsp3) is 0.0625. The maximum absolute atomic E-state index is 12.1. The van der Waals surface area contributed by atoms with Crippen molar-refractivity contribution in [3.63, 3.8) is 0 Å². The Morgan fingerprint density at radius 1 is 1.00 bits per heavy atom. The Hall–Kier alpha value is -3.36. The predicted octanol–water partition coefficient (Wildman–Crippen LogP) is 3.31. The van der Waals surface area contributed by atoms with Gasteiger partial charge in [-0.1, -0.05) is 18.2 Å². The van der Waals surface area contributed by atoms with E-state index in [-0.39, 0.29) is 0 Å². The molecule has 2 heterocycles. The molecule has 0 radical (unpaired) electrons. The second-order valence-electron chi connectivity index (χ2n) is 4.95. The minimum absolute atomic E-state index is 0.314. The maximum atomic E-state index is 12.1. The fourth-order valence-electron chi connectivity index (χ4n) is 1.94. The van der Waals surface area contributed by atoms with Crippen molar-refractivity contribution in [2.24, 2.45) is 0 Å². The summed E-state index contributed by atoms with van der Waals surface area (Å²) in [6.07, 6.45) is 1.14. The van der Waals surface area contributed by atoms with Crippen LogP contribution in [0.1, 0.15) is 11.4 Å². The van der Waals surface area contributed by atoms with Gasteiger partial charge in [0.05, 0.1) is 6.20 Å². The van der Waals surface area contributed by atoms with Crippen LogP contribution in [0.5, 0.6) is 5.75 Å². The molecule has 1 aromatic carbocycles. The number of nitrogens with zero attached hydrogens (tertiary/aromatic N) is 4. The molecule has 0 amide bonds. The van der Waals surface area contributed by atoms with E-state index in [2.05, 4.69) is 19.8 Å². The largest absolute Gasteiger partial charge is 0.573 e. The van der Waals surface area contributed by atoms with E-state index >= 15 is 0 Å². The predicted molar refractivity (Wildman–Crippen MR) is 85.6 cm³/mol. The van der Waals surface area contributed by atoms with Crippen LogP contribution < -0.4 is 10.5 Å². The molecule has 0 fully saturated rings. The summed E-state index contributed by atoms with van der Waals surface area (Å²) in [4.78, 5) is 7.97. The van der Waals surface area contributed by atoms with Gasteiger partial charge in [-0.2, -0.15) is 0 Å². The van der Waals surface area contributed by atoms with E-state index in [1.165, 1.54) is 17.1 Å². The van der Waals surface area contributed by atoms with Crippen LogP contribution in [0, 0.1) is 0 Å². The first-order valence-electron chi connectivity index (χ1n) is 7.06. The maximum Gasteiger partial charge on any atom is 0.573 e. The summed E-state index contributed by atoms with van der Waals surface area (Å²) in [5.74, 6) is 0.336. The molecule has 128 valence electrons. The Morgan fingerprint density at radius 3 is 2.40 bits per heavy atom. The van der Waals surface area contributed by atoms with E-state index in [4.69, 9.17) is 5.73 Å². The average molecular weight is 347 g/mol. The van der Waals surface area contributed by atoms with Crippen LogP contribution in [0.15, 0.2) is 48.9 Å². The summed E-state index contributed by atoms with van der Waals surface area (Å²) < 4.78 is 41.5. The highest BCUT2D eigenvalue weighted by Crippen LogP contribution is 2.22. The Balaban J connectivity index is 1.71. The summed E-state index contributed by atoms with van der Waals surface area (Å²) >= 11 is 0. The first-order chi connectivity index (χ1) is 11.9. The number of aromatic nitrogens is 4. The number of rotatable bonds is 4. The molecule has 0 bridgehead atoms. The highest BCUT2D eigenvalue weighted by atomic mass is 19.4. The van der Waals surface area contributed by atoms with Crippen molar-refractivity contribution in [3.05, 3.63) is 60.3 Å². The molecule has 0 saturated carbocycles. The molecule has 3 rings (SSSR count). The smallest absolute Gasteiger partial charge is 0.404 e. The second kappa shape index (κ2) is 6.63. The van der Waals surface area contributed by atoms with Crippen LogP contribution in [-0.4, -0.2) is 26.1 Å². The standard InChI is InChI=1S/C16H12F3N5O/c17-16(18,19)25-13-6-8-15(21-9-13)24-10-22-14(23-24)7-3-11-1-4-12(20)5-2-11/h1-10H,20H2/b7-3+. The van der Waals surface area contributed by atoms with E-state index in [0.717, 1.165) is 17.8 Å². The lowest BCUT2D eigenvalue weighted by atomic mass is 10.2. The normalized spacial score (nSPS) is 11.8. The van der Waals surface area contributed by atoms with Gasteiger partial charge in [0.25, 0.3) is 0 Å². The van der Waals surface area contributed by atoms with Crippen molar-refractivity contribution in [3.8, 4) is 11.6 Å². The Labute approximate surface area is 140 Å². The Kier molecular flexibility index (Phi) is 4.38. The van der Waals surface area contributed by atoms with E-state index < -0.39 is 12.1 Å². The lowest BCUT2D eigenvalue weighted by Crippen LogP contribution is -2.17. The minimum Gasteiger partial charge on any atom is -0.404 e. The first kappa shape index (κ1) is 16.5. The van der Waals surface area contributed by atoms with Gasteiger partial charge in [-0.05, 0) is 35.9 Å². The molecule has 0 atom stereocenters. The van der Waals surface area contributed by atoms with Gasteiger partial charge in [-0.3, -0.25) is 0 Å². The Bertz CT molecular complexity index is 870. The molecular formula is C16H12F3N5O. The third-order valence-electron chi connectivity index (χ3n) is 3.06. The zero-order valence-electron chi connectivity index (χ0n) is 12.7. The number of nitrogens with two attached hydrogens (primary N) is 1. The number of hydrogen-bond acceptors (Lipinski definition) is 5. The van der Waals surface area contributed by atoms with Crippen molar-refractivity contribution in [1.82, 2.24) is 19.7 Å². The molecule has 0 aliphatic rings. The van der Waals surface area contributed by atoms with E-state index in [1.807, 2.05) is 18.2 Å². The van der Waals surface area contributed by atoms with Crippen LogP contribution in [-0.2, 0) is 0 Å². The summed E-state index contributed by atoms with van der Waals surface area (Å²) in [5.41, 5.74) is 7.21. The van der Waals surface area contributed by atoms with Crippen LogP contribution in [0.4, 0.5) is 18.9 Å². The van der Waals surface area contributed by atoms with Crippen molar-refractivity contribution in [1.29, 1.82) is 0 Å². The lowest BCUT2D eigenvalue weighted by molar-refractivity contribution is -0.274. The highest BCUT2D eigenvalue weighted by Gasteiger charge is 2.31. The van der Waals surface area contributed by atoms with Gasteiger partial charge < -0.3 is 10.5 Å². The molecular weight excluding hydrogens is 335 g/mol. The molecule has 0 aliphatic carbocycles. The molecule has 25 heavy (non-hydrogen) atoms. The highest BCUT2D eigenvalue weighted by molar-refractivity contribution is 5.67. The van der Waals surface area contributed by atoms with Gasteiger partial charge in [-0.25, -0.2) is 14.6 Å². The summed E-state index contributed by atoms with van der Waals surface area (Å²) in [6.45, 7) is 0. The van der Waals surface area contributed by atoms with E-state index in [1.54, 1.807) is 18.2 Å². The van der Waals surface area contributed by atoms with Crippen molar-refractivity contribution in [2.45, 2.75) is 6.36 Å². The van der Waals surface area contributed by atoms with Gasteiger partial charge in [-0.15, -0.1) is 18.3 Å². The molecule has 2 N–H and O–H groups in total. The monoisotopic (exact) mass is 347 g/mol. The van der Waals surface area contributed by atoms with Gasteiger partial charge in [0.1, 0.15) is 12.1 Å². The third-order valence-corrected chi connectivity index (χ3v) is 3.06. The summed E-state index contributed by atoms with van der Waals surface area (Å²) in [5, 5.41) is 4.19. The zero-order chi connectivity index (χ0) is 17.9. The van der Waals surface area contributed by atoms with E-state index in [9.17, 15) is 13.2 Å². The van der Waals surface area contributed by atoms with Crippen LogP contribution in [0.25, 0.3) is 18.0 Å². The minimum atomic E-state index is -4.75. The molecule has 0 spiro atoms. The molecule has 2 aromatic heterocycles.